The molecule has 1 aromatic rings. The number of nitrogens with zero attached hydrogens (tertiary/aromatic N) is 2. The van der Waals surface area contributed by atoms with E-state index in [2.05, 4.69) is 39.3 Å². The number of ether oxygens (including phenoxy) is 2. The summed E-state index contributed by atoms with van der Waals surface area (Å²) in [6, 6.07) is 4.61. The molecule has 3 aliphatic rings. The Balaban J connectivity index is 1.49. The third-order valence-corrected chi connectivity index (χ3v) is 6.51. The third-order valence-electron chi connectivity index (χ3n) is 6.51. The van der Waals surface area contributed by atoms with E-state index in [1.165, 1.54) is 20.0 Å². The monoisotopic (exact) mass is 444 g/mol. The Morgan fingerprint density at radius 3 is 2.72 bits per heavy atom. The van der Waals surface area contributed by atoms with Crippen LogP contribution in [0, 0.1) is 0 Å². The molecule has 2 heterocycles. The summed E-state index contributed by atoms with van der Waals surface area (Å²) in [4.78, 5) is 31.7. The lowest BCUT2D eigenvalue weighted by atomic mass is 10.0. The van der Waals surface area contributed by atoms with Crippen LogP contribution in [-0.4, -0.2) is 66.9 Å². The van der Waals surface area contributed by atoms with E-state index >= 15 is 0 Å². The predicted octanol–water partition coefficient (Wildman–Crippen LogP) is 2.68. The van der Waals surface area contributed by atoms with Crippen LogP contribution in [0.3, 0.4) is 0 Å². The molecule has 0 bridgehead atoms. The van der Waals surface area contributed by atoms with Crippen molar-refractivity contribution in [1.29, 1.82) is 0 Å². The van der Waals surface area contributed by atoms with Crippen LogP contribution in [-0.2, 0) is 20.7 Å². The molecule has 4 rings (SSSR count). The molecule has 32 heavy (non-hydrogen) atoms. The maximum absolute atomic E-state index is 13.5. The van der Waals surface area contributed by atoms with E-state index in [4.69, 9.17) is 9.72 Å². The number of hydrogen-bond donors (Lipinski definition) is 2. The molecule has 3 fully saturated rings. The van der Waals surface area contributed by atoms with Gasteiger partial charge in [-0.15, -0.1) is 0 Å². The van der Waals surface area contributed by atoms with Crippen molar-refractivity contribution in [3.05, 3.63) is 29.1 Å². The number of carbonyl (C=O) groups excluding carboxylic acids is 2. The summed E-state index contributed by atoms with van der Waals surface area (Å²) < 4.78 is 10.6. The number of pyridine rings is 1. The Bertz CT molecular complexity index is 824. The third kappa shape index (κ3) is 5.78. The maximum atomic E-state index is 13.5. The number of carbonyl (C=O) groups is 2. The molecule has 1 aliphatic heterocycles. The van der Waals surface area contributed by atoms with E-state index in [-0.39, 0.29) is 18.1 Å². The van der Waals surface area contributed by atoms with Crippen molar-refractivity contribution in [2.45, 2.75) is 82.6 Å². The van der Waals surface area contributed by atoms with Gasteiger partial charge in [-0.05, 0) is 70.1 Å². The molecule has 0 radical (unpaired) electrons. The Hall–Kier alpha value is -2.19. The summed E-state index contributed by atoms with van der Waals surface area (Å²) in [6.07, 6.45) is 5.24. The van der Waals surface area contributed by atoms with E-state index in [9.17, 15) is 9.59 Å². The Morgan fingerprint density at radius 2 is 2.06 bits per heavy atom. The molecule has 1 aromatic heterocycles. The second kappa shape index (κ2) is 10.2. The number of aryl methyl sites for hydroxylation is 1. The maximum Gasteiger partial charge on any atom is 0.406 e. The number of morpholine rings is 1. The summed E-state index contributed by atoms with van der Waals surface area (Å²) in [6.45, 7) is 6.03. The van der Waals surface area contributed by atoms with Gasteiger partial charge in [-0.1, -0.05) is 0 Å². The van der Waals surface area contributed by atoms with Crippen LogP contribution in [0.1, 0.15) is 74.9 Å². The van der Waals surface area contributed by atoms with Crippen molar-refractivity contribution in [1.82, 2.24) is 20.5 Å². The second-order valence-electron chi connectivity index (χ2n) is 9.36. The molecule has 8 heteroatoms. The molecule has 0 spiro atoms. The highest BCUT2D eigenvalue weighted by Gasteiger charge is 2.41. The minimum absolute atomic E-state index is 0.0247. The second-order valence-corrected chi connectivity index (χ2v) is 9.36. The van der Waals surface area contributed by atoms with Crippen molar-refractivity contribution >= 4 is 12.0 Å². The lowest BCUT2D eigenvalue weighted by Crippen LogP contribution is -2.53. The molecule has 0 unspecified atom stereocenters. The number of aromatic nitrogens is 1. The van der Waals surface area contributed by atoms with Crippen LogP contribution >= 0.6 is 0 Å². The molecule has 2 amide bonds. The van der Waals surface area contributed by atoms with Crippen LogP contribution in [0.15, 0.2) is 12.1 Å². The van der Waals surface area contributed by atoms with Gasteiger partial charge < -0.3 is 25.0 Å². The molecular weight excluding hydrogens is 408 g/mol. The predicted molar refractivity (Wildman–Crippen MR) is 120 cm³/mol. The molecule has 0 aromatic carbocycles. The normalized spacial score (nSPS) is 24.0. The number of amides is 2. The first-order valence-corrected chi connectivity index (χ1v) is 12.0. The van der Waals surface area contributed by atoms with Crippen molar-refractivity contribution in [3.63, 3.8) is 0 Å². The number of rotatable bonds is 9. The average molecular weight is 445 g/mol. The average Bonchev–Trinajstić information content (AvgIpc) is 3.70. The van der Waals surface area contributed by atoms with Gasteiger partial charge in [0.1, 0.15) is 6.10 Å². The SMILES string of the molecule is COC(=O)NCCCc1cc([C@@H](C)N(C(=O)[C@H]2CNC[C@@H](C)O2)C2CC2)cc(C2CC2)n1. The zero-order chi connectivity index (χ0) is 22.7. The van der Waals surface area contributed by atoms with E-state index < -0.39 is 12.2 Å². The first-order valence-electron chi connectivity index (χ1n) is 12.0. The number of methoxy groups -OCH3 is 1. The summed E-state index contributed by atoms with van der Waals surface area (Å²) in [5, 5.41) is 6.04. The highest BCUT2D eigenvalue weighted by atomic mass is 16.5. The minimum Gasteiger partial charge on any atom is -0.453 e. The smallest absolute Gasteiger partial charge is 0.406 e. The zero-order valence-electron chi connectivity index (χ0n) is 19.4. The van der Waals surface area contributed by atoms with Gasteiger partial charge in [-0.25, -0.2) is 4.79 Å². The van der Waals surface area contributed by atoms with Gasteiger partial charge >= 0.3 is 6.09 Å². The Labute approximate surface area is 190 Å². The van der Waals surface area contributed by atoms with E-state index in [1.54, 1.807) is 0 Å². The topological polar surface area (TPSA) is 92.8 Å². The number of alkyl carbamates (subject to hydrolysis) is 1. The standard InChI is InChI=1S/C24H36N4O4/c1-15-13-25-14-22(32-15)23(29)28(20-8-9-20)16(2)18-11-19(5-4-10-26-24(30)31-3)27-21(12-18)17-6-7-17/h11-12,15-17,20,22,25H,4-10,13-14H2,1-3H3,(H,26,30)/t15-,16-,22-/m1/s1. The summed E-state index contributed by atoms with van der Waals surface area (Å²) in [5.74, 6) is 0.624. The van der Waals surface area contributed by atoms with Gasteiger partial charge in [0.25, 0.3) is 5.91 Å². The molecule has 2 saturated carbocycles. The fourth-order valence-corrected chi connectivity index (χ4v) is 4.43. The lowest BCUT2D eigenvalue weighted by molar-refractivity contribution is -0.152. The number of nitrogens with one attached hydrogen (secondary N) is 2. The number of hydrogen-bond acceptors (Lipinski definition) is 6. The molecule has 2 aliphatic carbocycles. The molecule has 2 N–H and O–H groups in total. The molecule has 8 nitrogen and oxygen atoms in total. The van der Waals surface area contributed by atoms with Crippen molar-refractivity contribution in [2.75, 3.05) is 26.7 Å². The van der Waals surface area contributed by atoms with Gasteiger partial charge in [-0.2, -0.15) is 0 Å². The first kappa shape index (κ1) is 23.0. The van der Waals surface area contributed by atoms with Crippen LogP contribution < -0.4 is 10.6 Å². The molecular formula is C24H36N4O4. The first-order chi connectivity index (χ1) is 15.5. The van der Waals surface area contributed by atoms with E-state index in [0.717, 1.165) is 49.2 Å². The fourth-order valence-electron chi connectivity index (χ4n) is 4.43. The largest absolute Gasteiger partial charge is 0.453 e. The summed E-state index contributed by atoms with van der Waals surface area (Å²) in [7, 11) is 1.37. The Morgan fingerprint density at radius 1 is 1.28 bits per heavy atom. The molecule has 3 atom stereocenters. The summed E-state index contributed by atoms with van der Waals surface area (Å²) >= 11 is 0. The van der Waals surface area contributed by atoms with Gasteiger partial charge in [-0.3, -0.25) is 9.78 Å². The van der Waals surface area contributed by atoms with Crippen LogP contribution in [0.4, 0.5) is 4.79 Å². The minimum atomic E-state index is -0.421. The lowest BCUT2D eigenvalue weighted by Gasteiger charge is -2.36. The van der Waals surface area contributed by atoms with Crippen LogP contribution in [0.5, 0.6) is 0 Å². The summed E-state index contributed by atoms with van der Waals surface area (Å²) in [5.41, 5.74) is 3.31. The van der Waals surface area contributed by atoms with Crippen molar-refractivity contribution < 1.29 is 19.1 Å². The van der Waals surface area contributed by atoms with Gasteiger partial charge in [0, 0.05) is 43.0 Å². The van der Waals surface area contributed by atoms with Crippen molar-refractivity contribution in [2.24, 2.45) is 0 Å². The van der Waals surface area contributed by atoms with Gasteiger partial charge in [0.05, 0.1) is 19.3 Å². The highest BCUT2D eigenvalue weighted by Crippen LogP contribution is 2.41. The zero-order valence-corrected chi connectivity index (χ0v) is 19.4. The molecule has 176 valence electrons. The van der Waals surface area contributed by atoms with E-state index in [1.807, 2.05) is 6.92 Å². The quantitative estimate of drug-likeness (QED) is 0.569. The Kier molecular flexibility index (Phi) is 7.30. The van der Waals surface area contributed by atoms with Crippen LogP contribution in [0.25, 0.3) is 0 Å². The van der Waals surface area contributed by atoms with Crippen LogP contribution in [0.2, 0.25) is 0 Å². The fraction of sp³-hybridized carbons (Fsp3) is 0.708. The van der Waals surface area contributed by atoms with Gasteiger partial charge in [0.15, 0.2) is 0 Å². The highest BCUT2D eigenvalue weighted by molar-refractivity contribution is 5.82. The van der Waals surface area contributed by atoms with E-state index in [0.29, 0.717) is 25.0 Å². The van der Waals surface area contributed by atoms with Gasteiger partial charge in [0.2, 0.25) is 0 Å². The molecule has 1 saturated heterocycles. The van der Waals surface area contributed by atoms with Crippen molar-refractivity contribution in [3.8, 4) is 0 Å².